The summed E-state index contributed by atoms with van der Waals surface area (Å²) in [5.41, 5.74) is 1.44. The Labute approximate surface area is 91.2 Å². The van der Waals surface area contributed by atoms with Crippen LogP contribution in [-0.2, 0) is 9.47 Å². The van der Waals surface area contributed by atoms with Gasteiger partial charge in [-0.1, -0.05) is 37.3 Å². The van der Waals surface area contributed by atoms with E-state index in [1.54, 1.807) is 7.11 Å². The van der Waals surface area contributed by atoms with E-state index in [-0.39, 0.29) is 0 Å². The molecule has 0 unspecified atom stereocenters. The second-order valence-corrected chi connectivity index (χ2v) is 4.24. The highest BCUT2D eigenvalue weighted by Crippen LogP contribution is 2.53. The third kappa shape index (κ3) is 2.39. The van der Waals surface area contributed by atoms with Crippen LogP contribution in [-0.4, -0.2) is 20.5 Å². The smallest absolute Gasteiger partial charge is 0.146 e. The highest BCUT2D eigenvalue weighted by molar-refractivity contribution is 5.27. The Kier molecular flexibility index (Phi) is 3.39. The summed E-state index contributed by atoms with van der Waals surface area (Å²) in [5, 5.41) is 0. The van der Waals surface area contributed by atoms with Gasteiger partial charge in [-0.05, 0) is 23.3 Å². The zero-order valence-electron chi connectivity index (χ0n) is 9.35. The monoisotopic (exact) mass is 206 g/mol. The van der Waals surface area contributed by atoms with Crippen molar-refractivity contribution < 1.29 is 9.47 Å². The van der Waals surface area contributed by atoms with E-state index >= 15 is 0 Å². The largest absolute Gasteiger partial charge is 0.359 e. The van der Waals surface area contributed by atoms with Crippen molar-refractivity contribution in [2.24, 2.45) is 11.8 Å². The van der Waals surface area contributed by atoms with Crippen LogP contribution in [0.3, 0.4) is 0 Å². The summed E-state index contributed by atoms with van der Waals surface area (Å²) < 4.78 is 10.3. The van der Waals surface area contributed by atoms with Gasteiger partial charge in [0, 0.05) is 7.11 Å². The molecule has 2 nitrogen and oxygen atoms in total. The number of methoxy groups -OCH3 is 1. The van der Waals surface area contributed by atoms with Gasteiger partial charge in [0.1, 0.15) is 6.79 Å². The van der Waals surface area contributed by atoms with Crippen LogP contribution in [0.5, 0.6) is 0 Å². The lowest BCUT2D eigenvalue weighted by Gasteiger charge is -2.01. The molecule has 1 saturated carbocycles. The Balaban J connectivity index is 1.86. The molecule has 2 rings (SSSR count). The van der Waals surface area contributed by atoms with Gasteiger partial charge < -0.3 is 9.47 Å². The van der Waals surface area contributed by atoms with E-state index in [2.05, 4.69) is 37.3 Å². The van der Waals surface area contributed by atoms with Crippen molar-refractivity contribution in [1.82, 2.24) is 0 Å². The van der Waals surface area contributed by atoms with Crippen LogP contribution in [0.25, 0.3) is 0 Å². The number of hydrogen-bond acceptors (Lipinski definition) is 2. The highest BCUT2D eigenvalue weighted by atomic mass is 16.7. The van der Waals surface area contributed by atoms with Gasteiger partial charge in [-0.3, -0.25) is 0 Å². The molecule has 1 fully saturated rings. The van der Waals surface area contributed by atoms with Crippen LogP contribution >= 0.6 is 0 Å². The minimum absolute atomic E-state index is 0.407. The number of benzene rings is 1. The summed E-state index contributed by atoms with van der Waals surface area (Å²) >= 11 is 0. The summed E-state index contributed by atoms with van der Waals surface area (Å²) in [6, 6.07) is 10.7. The molecule has 0 saturated heterocycles. The maximum atomic E-state index is 5.41. The molecule has 1 aliphatic carbocycles. The molecule has 0 spiro atoms. The predicted molar refractivity (Wildman–Crippen MR) is 59.7 cm³/mol. The van der Waals surface area contributed by atoms with E-state index < -0.39 is 0 Å². The molecule has 1 aromatic rings. The van der Waals surface area contributed by atoms with Gasteiger partial charge in [0.15, 0.2) is 0 Å². The summed E-state index contributed by atoms with van der Waals surface area (Å²) in [4.78, 5) is 0. The van der Waals surface area contributed by atoms with Gasteiger partial charge in [0.2, 0.25) is 0 Å². The van der Waals surface area contributed by atoms with Gasteiger partial charge in [0.25, 0.3) is 0 Å². The lowest BCUT2D eigenvalue weighted by atomic mass is 10.1. The van der Waals surface area contributed by atoms with E-state index in [4.69, 9.17) is 9.47 Å². The average molecular weight is 206 g/mol. The first-order valence-electron chi connectivity index (χ1n) is 5.46. The molecule has 2 heteroatoms. The number of hydrogen-bond donors (Lipinski definition) is 0. The molecular formula is C13H18O2. The maximum absolute atomic E-state index is 5.41. The van der Waals surface area contributed by atoms with Crippen LogP contribution < -0.4 is 0 Å². The van der Waals surface area contributed by atoms with E-state index in [0.29, 0.717) is 18.6 Å². The van der Waals surface area contributed by atoms with Crippen molar-refractivity contribution in [3.8, 4) is 0 Å². The zero-order chi connectivity index (χ0) is 10.7. The number of rotatable bonds is 5. The molecule has 1 aromatic carbocycles. The second-order valence-electron chi connectivity index (χ2n) is 4.24. The first-order chi connectivity index (χ1) is 7.34. The van der Waals surface area contributed by atoms with Crippen molar-refractivity contribution in [2.75, 3.05) is 20.5 Å². The molecule has 0 radical (unpaired) electrons. The minimum Gasteiger partial charge on any atom is -0.359 e. The van der Waals surface area contributed by atoms with Crippen LogP contribution in [0.1, 0.15) is 18.4 Å². The number of ether oxygens (including phenoxy) is 2. The van der Waals surface area contributed by atoms with Gasteiger partial charge >= 0.3 is 0 Å². The minimum atomic E-state index is 0.407. The Morgan fingerprint density at radius 2 is 1.93 bits per heavy atom. The molecule has 0 heterocycles. The average Bonchev–Trinajstić information content (AvgIpc) is 2.91. The van der Waals surface area contributed by atoms with Crippen LogP contribution in [0.2, 0.25) is 0 Å². The molecule has 0 N–H and O–H groups in total. The lowest BCUT2D eigenvalue weighted by Crippen LogP contribution is -2.01. The standard InChI is InChI=1S/C13H18O2/c1-10-12(8-15-9-14-2)13(10)11-6-4-3-5-7-11/h3-7,10,12-13H,8-9H2,1-2H3/t10-,12+,13-/m0/s1. The quantitative estimate of drug-likeness (QED) is 0.544. The molecule has 1 aliphatic rings. The summed E-state index contributed by atoms with van der Waals surface area (Å²) in [5.74, 6) is 2.09. The zero-order valence-corrected chi connectivity index (χ0v) is 9.35. The van der Waals surface area contributed by atoms with Crippen molar-refractivity contribution in [2.45, 2.75) is 12.8 Å². The van der Waals surface area contributed by atoms with Crippen LogP contribution in [0.15, 0.2) is 30.3 Å². The van der Waals surface area contributed by atoms with Gasteiger partial charge in [-0.15, -0.1) is 0 Å². The second kappa shape index (κ2) is 4.77. The van der Waals surface area contributed by atoms with Crippen LogP contribution in [0, 0.1) is 11.8 Å². The van der Waals surface area contributed by atoms with E-state index in [0.717, 1.165) is 12.5 Å². The molecule has 3 atom stereocenters. The van der Waals surface area contributed by atoms with Crippen molar-refractivity contribution in [3.05, 3.63) is 35.9 Å². The van der Waals surface area contributed by atoms with Gasteiger partial charge in [0.05, 0.1) is 6.61 Å². The van der Waals surface area contributed by atoms with Crippen molar-refractivity contribution in [1.29, 1.82) is 0 Å². The molecular weight excluding hydrogens is 188 g/mol. The highest BCUT2D eigenvalue weighted by Gasteiger charge is 2.47. The Bertz CT molecular complexity index is 297. The SMILES string of the molecule is COCOC[C@@H]1[C@H](C)[C@H]1c1ccccc1. The summed E-state index contributed by atoms with van der Waals surface area (Å²) in [7, 11) is 1.66. The Hall–Kier alpha value is -0.860. The third-order valence-corrected chi connectivity index (χ3v) is 3.26. The Morgan fingerprint density at radius 3 is 2.60 bits per heavy atom. The molecule has 0 amide bonds. The first kappa shape index (κ1) is 10.7. The van der Waals surface area contributed by atoms with Gasteiger partial charge in [-0.2, -0.15) is 0 Å². The maximum Gasteiger partial charge on any atom is 0.146 e. The van der Waals surface area contributed by atoms with Crippen LogP contribution in [0.4, 0.5) is 0 Å². The fourth-order valence-corrected chi connectivity index (χ4v) is 2.29. The lowest BCUT2D eigenvalue weighted by molar-refractivity contribution is -0.0357. The Morgan fingerprint density at radius 1 is 1.20 bits per heavy atom. The molecule has 0 bridgehead atoms. The predicted octanol–water partition coefficient (Wildman–Crippen LogP) is 2.66. The summed E-state index contributed by atoms with van der Waals surface area (Å²) in [6.45, 7) is 3.51. The normalized spacial score (nSPS) is 29.1. The molecule has 0 aromatic heterocycles. The molecule has 0 aliphatic heterocycles. The molecule has 15 heavy (non-hydrogen) atoms. The van der Waals surface area contributed by atoms with E-state index in [1.807, 2.05) is 0 Å². The summed E-state index contributed by atoms with van der Waals surface area (Å²) in [6.07, 6.45) is 0. The van der Waals surface area contributed by atoms with Gasteiger partial charge in [-0.25, -0.2) is 0 Å². The fraction of sp³-hybridized carbons (Fsp3) is 0.538. The van der Waals surface area contributed by atoms with Crippen molar-refractivity contribution in [3.63, 3.8) is 0 Å². The molecule has 82 valence electrons. The third-order valence-electron chi connectivity index (χ3n) is 3.26. The van der Waals surface area contributed by atoms with Crippen molar-refractivity contribution >= 4 is 0 Å². The first-order valence-corrected chi connectivity index (χ1v) is 5.46. The fourth-order valence-electron chi connectivity index (χ4n) is 2.29. The van der Waals surface area contributed by atoms with E-state index in [1.165, 1.54) is 5.56 Å². The van der Waals surface area contributed by atoms with E-state index in [9.17, 15) is 0 Å². The topological polar surface area (TPSA) is 18.5 Å².